The second-order valence-electron chi connectivity index (χ2n) is 10.2. The summed E-state index contributed by atoms with van der Waals surface area (Å²) in [6.07, 6.45) is 9.11. The molecule has 2 nitrogen and oxygen atoms in total. The van der Waals surface area contributed by atoms with Gasteiger partial charge in [-0.05, 0) is 86.4 Å². The third-order valence-electron chi connectivity index (χ3n) is 9.37. The van der Waals surface area contributed by atoms with Crippen molar-refractivity contribution < 1.29 is 9.90 Å². The van der Waals surface area contributed by atoms with E-state index in [1.807, 2.05) is 0 Å². The molecule has 4 saturated carbocycles. The molecule has 0 aromatic rings. The van der Waals surface area contributed by atoms with E-state index >= 15 is 0 Å². The summed E-state index contributed by atoms with van der Waals surface area (Å²) in [4.78, 5) is 12.2. The number of carbonyl (C=O) groups excluding carboxylic acids is 1. The Kier molecular flexibility index (Phi) is 3.39. The summed E-state index contributed by atoms with van der Waals surface area (Å²) < 4.78 is 0. The number of Topliss-reactive ketones (excluding diaryl/α,β-unsaturated/α-hetero) is 1. The van der Waals surface area contributed by atoms with Crippen molar-refractivity contribution in [1.29, 1.82) is 0 Å². The standard InChI is InChI=1S/C21H34O2/c1-13-12-19(2)14(11-18(13)22)5-6-15-16(19)7-9-20(3)17(15)8-10-21(20,4)23/h13-17,23H,5-12H2,1-4H3. The second-order valence-corrected chi connectivity index (χ2v) is 10.2. The lowest BCUT2D eigenvalue weighted by atomic mass is 9.44. The fraction of sp³-hybridized carbons (Fsp3) is 0.952. The molecule has 0 aromatic carbocycles. The Bertz CT molecular complexity index is 524. The number of hydrogen-bond donors (Lipinski definition) is 1. The van der Waals surface area contributed by atoms with Crippen LogP contribution >= 0.6 is 0 Å². The van der Waals surface area contributed by atoms with Crippen molar-refractivity contribution in [3.8, 4) is 0 Å². The summed E-state index contributed by atoms with van der Waals surface area (Å²) in [5.74, 6) is 3.65. The summed E-state index contributed by atoms with van der Waals surface area (Å²) in [6, 6.07) is 0. The van der Waals surface area contributed by atoms with Crippen LogP contribution in [0.4, 0.5) is 0 Å². The van der Waals surface area contributed by atoms with Crippen LogP contribution < -0.4 is 0 Å². The molecular weight excluding hydrogens is 284 g/mol. The minimum atomic E-state index is -0.476. The van der Waals surface area contributed by atoms with Gasteiger partial charge >= 0.3 is 0 Å². The van der Waals surface area contributed by atoms with E-state index in [1.165, 1.54) is 32.1 Å². The first-order chi connectivity index (χ1) is 10.7. The average molecular weight is 319 g/mol. The van der Waals surface area contributed by atoms with Gasteiger partial charge in [-0.25, -0.2) is 0 Å². The van der Waals surface area contributed by atoms with Crippen LogP contribution in [0.25, 0.3) is 0 Å². The average Bonchev–Trinajstić information content (AvgIpc) is 2.71. The molecule has 1 N–H and O–H groups in total. The normalized spacial score (nSPS) is 59.2. The third kappa shape index (κ3) is 2.00. The van der Waals surface area contributed by atoms with Gasteiger partial charge in [0.05, 0.1) is 5.60 Å². The maximum absolute atomic E-state index is 12.2. The molecule has 8 atom stereocenters. The molecule has 4 aliphatic carbocycles. The minimum Gasteiger partial charge on any atom is -0.390 e. The van der Waals surface area contributed by atoms with E-state index < -0.39 is 5.60 Å². The maximum atomic E-state index is 12.2. The first-order valence-corrected chi connectivity index (χ1v) is 9.94. The first-order valence-electron chi connectivity index (χ1n) is 9.94. The summed E-state index contributed by atoms with van der Waals surface area (Å²) in [6.45, 7) is 9.11. The number of carbonyl (C=O) groups is 1. The Morgan fingerprint density at radius 1 is 1.00 bits per heavy atom. The molecular formula is C21H34O2. The van der Waals surface area contributed by atoms with E-state index in [0.717, 1.165) is 31.1 Å². The van der Waals surface area contributed by atoms with E-state index in [-0.39, 0.29) is 11.3 Å². The van der Waals surface area contributed by atoms with Gasteiger partial charge in [-0.2, -0.15) is 0 Å². The number of hydrogen-bond acceptors (Lipinski definition) is 2. The lowest BCUT2D eigenvalue weighted by Gasteiger charge is -2.61. The third-order valence-corrected chi connectivity index (χ3v) is 9.37. The SMILES string of the molecule is CC1CC2(C)C(CCC3C2CCC2(C)C3CCC2(C)O)CC1=O. The van der Waals surface area contributed by atoms with Crippen molar-refractivity contribution in [3.05, 3.63) is 0 Å². The van der Waals surface area contributed by atoms with Crippen LogP contribution in [0.2, 0.25) is 0 Å². The molecule has 0 bridgehead atoms. The number of ketones is 1. The fourth-order valence-corrected chi connectivity index (χ4v) is 7.65. The Balaban J connectivity index is 1.66. The molecule has 2 heteroatoms. The topological polar surface area (TPSA) is 37.3 Å². The van der Waals surface area contributed by atoms with E-state index in [0.29, 0.717) is 23.0 Å². The molecule has 0 amide bonds. The molecule has 130 valence electrons. The minimum absolute atomic E-state index is 0.119. The van der Waals surface area contributed by atoms with E-state index in [2.05, 4.69) is 27.7 Å². The highest BCUT2D eigenvalue weighted by Gasteiger charge is 2.63. The molecule has 4 aliphatic rings. The van der Waals surface area contributed by atoms with Gasteiger partial charge in [-0.1, -0.05) is 20.8 Å². The zero-order valence-corrected chi connectivity index (χ0v) is 15.4. The van der Waals surface area contributed by atoms with Gasteiger partial charge in [0.15, 0.2) is 0 Å². The zero-order chi connectivity index (χ0) is 16.6. The van der Waals surface area contributed by atoms with Crippen LogP contribution in [0.15, 0.2) is 0 Å². The smallest absolute Gasteiger partial charge is 0.136 e. The van der Waals surface area contributed by atoms with Crippen LogP contribution in [0.1, 0.15) is 79.1 Å². The van der Waals surface area contributed by atoms with Gasteiger partial charge < -0.3 is 5.11 Å². The van der Waals surface area contributed by atoms with Crippen molar-refractivity contribution in [1.82, 2.24) is 0 Å². The highest BCUT2D eigenvalue weighted by atomic mass is 16.3. The summed E-state index contributed by atoms with van der Waals surface area (Å²) in [5.41, 5.74) is 0.00962. The monoisotopic (exact) mass is 318 g/mol. The maximum Gasteiger partial charge on any atom is 0.136 e. The largest absolute Gasteiger partial charge is 0.390 e. The quantitative estimate of drug-likeness (QED) is 0.709. The van der Waals surface area contributed by atoms with Crippen molar-refractivity contribution >= 4 is 5.78 Å². The van der Waals surface area contributed by atoms with Gasteiger partial charge in [-0.15, -0.1) is 0 Å². The van der Waals surface area contributed by atoms with Crippen molar-refractivity contribution in [3.63, 3.8) is 0 Å². The van der Waals surface area contributed by atoms with E-state index in [9.17, 15) is 9.90 Å². The van der Waals surface area contributed by atoms with E-state index in [1.54, 1.807) is 0 Å². The molecule has 23 heavy (non-hydrogen) atoms. The summed E-state index contributed by atoms with van der Waals surface area (Å²) >= 11 is 0. The zero-order valence-electron chi connectivity index (χ0n) is 15.4. The number of aliphatic hydroxyl groups is 1. The van der Waals surface area contributed by atoms with Crippen molar-refractivity contribution in [2.45, 2.75) is 84.7 Å². The van der Waals surface area contributed by atoms with Gasteiger partial charge in [0.25, 0.3) is 0 Å². The van der Waals surface area contributed by atoms with Gasteiger partial charge in [0.2, 0.25) is 0 Å². The highest BCUT2D eigenvalue weighted by Crippen LogP contribution is 2.68. The van der Waals surface area contributed by atoms with Crippen LogP contribution in [0.3, 0.4) is 0 Å². The molecule has 0 aromatic heterocycles. The Hall–Kier alpha value is -0.370. The van der Waals surface area contributed by atoms with Crippen LogP contribution in [-0.2, 0) is 4.79 Å². The molecule has 0 saturated heterocycles. The van der Waals surface area contributed by atoms with Gasteiger partial charge in [0.1, 0.15) is 5.78 Å². The Morgan fingerprint density at radius 2 is 1.70 bits per heavy atom. The van der Waals surface area contributed by atoms with Crippen molar-refractivity contribution in [2.24, 2.45) is 40.4 Å². The molecule has 4 rings (SSSR count). The predicted octanol–water partition coefficient (Wildman–Crippen LogP) is 4.60. The van der Waals surface area contributed by atoms with Crippen molar-refractivity contribution in [2.75, 3.05) is 0 Å². The summed E-state index contributed by atoms with van der Waals surface area (Å²) in [5, 5.41) is 11.0. The van der Waals surface area contributed by atoms with Gasteiger partial charge in [-0.3, -0.25) is 4.79 Å². The summed E-state index contributed by atoms with van der Waals surface area (Å²) in [7, 11) is 0. The molecule has 4 fully saturated rings. The molecule has 0 spiro atoms. The number of rotatable bonds is 0. The van der Waals surface area contributed by atoms with Crippen LogP contribution in [-0.4, -0.2) is 16.5 Å². The lowest BCUT2D eigenvalue weighted by Crippen LogP contribution is -2.56. The number of fused-ring (bicyclic) bond motifs is 5. The van der Waals surface area contributed by atoms with Crippen LogP contribution in [0, 0.1) is 40.4 Å². The molecule has 8 unspecified atom stereocenters. The Morgan fingerprint density at radius 3 is 2.43 bits per heavy atom. The van der Waals surface area contributed by atoms with Crippen LogP contribution in [0.5, 0.6) is 0 Å². The second kappa shape index (κ2) is 4.84. The van der Waals surface area contributed by atoms with Gasteiger partial charge in [0, 0.05) is 12.3 Å². The highest BCUT2D eigenvalue weighted by molar-refractivity contribution is 5.82. The first kappa shape index (κ1) is 16.1. The lowest BCUT2D eigenvalue weighted by molar-refractivity contribution is -0.158. The molecule has 0 aliphatic heterocycles. The predicted molar refractivity (Wildman–Crippen MR) is 91.9 cm³/mol. The molecule has 0 heterocycles. The molecule has 0 radical (unpaired) electrons. The fourth-order valence-electron chi connectivity index (χ4n) is 7.65. The Labute approximate surface area is 141 Å². The van der Waals surface area contributed by atoms with E-state index in [4.69, 9.17) is 0 Å².